The SMILES string of the molecule is CN(C)[C@@H]1CCN(C(=O)c2cn(CCCc3ccccc3)nn2)C1. The van der Waals surface area contributed by atoms with E-state index in [1.807, 2.05) is 11.0 Å². The number of aromatic nitrogens is 3. The number of hydrogen-bond donors (Lipinski definition) is 0. The van der Waals surface area contributed by atoms with Crippen molar-refractivity contribution in [2.24, 2.45) is 0 Å². The van der Waals surface area contributed by atoms with Gasteiger partial charge in [-0.3, -0.25) is 9.48 Å². The lowest BCUT2D eigenvalue weighted by Gasteiger charge is -2.19. The van der Waals surface area contributed by atoms with E-state index in [4.69, 9.17) is 0 Å². The van der Waals surface area contributed by atoms with Crippen LogP contribution in [0.25, 0.3) is 0 Å². The van der Waals surface area contributed by atoms with E-state index in [0.29, 0.717) is 11.7 Å². The van der Waals surface area contributed by atoms with E-state index in [9.17, 15) is 4.79 Å². The molecule has 1 aliphatic rings. The Labute approximate surface area is 143 Å². The van der Waals surface area contributed by atoms with Gasteiger partial charge in [-0.1, -0.05) is 35.5 Å². The third-order valence-corrected chi connectivity index (χ3v) is 4.63. The van der Waals surface area contributed by atoms with E-state index < -0.39 is 0 Å². The maximum atomic E-state index is 12.5. The molecule has 1 amide bonds. The predicted octanol–water partition coefficient (Wildman–Crippen LogP) is 1.69. The molecule has 1 atom stereocenters. The van der Waals surface area contributed by atoms with Crippen LogP contribution in [0.5, 0.6) is 0 Å². The normalized spacial score (nSPS) is 17.6. The number of likely N-dealkylation sites (N-methyl/N-ethyl adjacent to an activating group) is 1. The number of nitrogens with zero attached hydrogens (tertiary/aromatic N) is 5. The summed E-state index contributed by atoms with van der Waals surface area (Å²) in [5.74, 6) is -0.00587. The first-order chi connectivity index (χ1) is 11.6. The van der Waals surface area contributed by atoms with E-state index in [-0.39, 0.29) is 5.91 Å². The van der Waals surface area contributed by atoms with Gasteiger partial charge >= 0.3 is 0 Å². The number of carbonyl (C=O) groups is 1. The lowest BCUT2D eigenvalue weighted by Crippen LogP contribution is -2.34. The van der Waals surface area contributed by atoms with Gasteiger partial charge in [-0.2, -0.15) is 0 Å². The van der Waals surface area contributed by atoms with Crippen LogP contribution in [0.3, 0.4) is 0 Å². The lowest BCUT2D eigenvalue weighted by atomic mass is 10.1. The fourth-order valence-electron chi connectivity index (χ4n) is 3.11. The van der Waals surface area contributed by atoms with Gasteiger partial charge in [0.15, 0.2) is 5.69 Å². The Hall–Kier alpha value is -2.21. The molecule has 0 spiro atoms. The summed E-state index contributed by atoms with van der Waals surface area (Å²) in [4.78, 5) is 16.6. The molecule has 1 aliphatic heterocycles. The van der Waals surface area contributed by atoms with Crippen LogP contribution in [-0.2, 0) is 13.0 Å². The highest BCUT2D eigenvalue weighted by molar-refractivity contribution is 5.92. The van der Waals surface area contributed by atoms with E-state index >= 15 is 0 Å². The molecule has 128 valence electrons. The average molecular weight is 327 g/mol. The van der Waals surface area contributed by atoms with Gasteiger partial charge in [0.2, 0.25) is 0 Å². The third-order valence-electron chi connectivity index (χ3n) is 4.63. The average Bonchev–Trinajstić information content (AvgIpc) is 3.25. The van der Waals surface area contributed by atoms with Gasteiger partial charge in [-0.15, -0.1) is 5.10 Å². The first-order valence-corrected chi connectivity index (χ1v) is 8.53. The van der Waals surface area contributed by atoms with E-state index in [2.05, 4.69) is 53.6 Å². The molecule has 0 aliphatic carbocycles. The molecule has 1 aromatic heterocycles. The minimum atomic E-state index is -0.00587. The van der Waals surface area contributed by atoms with Crippen LogP contribution in [0.15, 0.2) is 36.5 Å². The molecule has 6 nitrogen and oxygen atoms in total. The fraction of sp³-hybridized carbons (Fsp3) is 0.500. The Bertz CT molecular complexity index is 667. The second-order valence-electron chi connectivity index (χ2n) is 6.61. The minimum Gasteiger partial charge on any atom is -0.336 e. The number of aryl methyl sites for hydroxylation is 2. The molecular weight excluding hydrogens is 302 g/mol. The van der Waals surface area contributed by atoms with Gasteiger partial charge in [0, 0.05) is 25.7 Å². The van der Waals surface area contributed by atoms with Crippen molar-refractivity contribution >= 4 is 5.91 Å². The van der Waals surface area contributed by atoms with E-state index in [1.54, 1.807) is 10.9 Å². The zero-order chi connectivity index (χ0) is 16.9. The van der Waals surface area contributed by atoms with Crippen LogP contribution in [0, 0.1) is 0 Å². The van der Waals surface area contributed by atoms with Gasteiger partial charge in [0.1, 0.15) is 0 Å². The summed E-state index contributed by atoms with van der Waals surface area (Å²) in [6.45, 7) is 2.34. The van der Waals surface area contributed by atoms with Gasteiger partial charge in [-0.25, -0.2) is 0 Å². The standard InChI is InChI=1S/C18H25N5O/c1-21(2)16-10-12-22(13-16)18(24)17-14-23(20-19-17)11-6-9-15-7-4-3-5-8-15/h3-5,7-8,14,16H,6,9-13H2,1-2H3/t16-/m1/s1. The van der Waals surface area contributed by atoms with Crippen LogP contribution in [0.2, 0.25) is 0 Å². The molecule has 0 N–H and O–H groups in total. The molecule has 0 radical (unpaired) electrons. The topological polar surface area (TPSA) is 54.3 Å². The Balaban J connectivity index is 1.51. The summed E-state index contributed by atoms with van der Waals surface area (Å²) in [5.41, 5.74) is 1.77. The molecule has 24 heavy (non-hydrogen) atoms. The summed E-state index contributed by atoms with van der Waals surface area (Å²) in [6, 6.07) is 10.8. The third kappa shape index (κ3) is 4.00. The highest BCUT2D eigenvalue weighted by atomic mass is 16.2. The molecule has 3 rings (SSSR count). The predicted molar refractivity (Wildman–Crippen MR) is 92.8 cm³/mol. The summed E-state index contributed by atoms with van der Waals surface area (Å²) < 4.78 is 1.77. The van der Waals surface area contributed by atoms with E-state index in [0.717, 1.165) is 38.9 Å². The Morgan fingerprint density at radius 1 is 1.29 bits per heavy atom. The molecule has 2 heterocycles. The molecule has 0 bridgehead atoms. The molecular formula is C18H25N5O. The van der Waals surface area contributed by atoms with Crippen molar-refractivity contribution in [1.29, 1.82) is 0 Å². The number of likely N-dealkylation sites (tertiary alicyclic amines) is 1. The van der Waals surface area contributed by atoms with Crippen LogP contribution in [0.4, 0.5) is 0 Å². The van der Waals surface area contributed by atoms with Crippen molar-refractivity contribution in [3.63, 3.8) is 0 Å². The maximum absolute atomic E-state index is 12.5. The van der Waals surface area contributed by atoms with Gasteiger partial charge < -0.3 is 9.80 Å². The fourth-order valence-corrected chi connectivity index (χ4v) is 3.11. The highest BCUT2D eigenvalue weighted by Crippen LogP contribution is 2.15. The molecule has 6 heteroatoms. The van der Waals surface area contributed by atoms with E-state index in [1.165, 1.54) is 5.56 Å². The van der Waals surface area contributed by atoms with Crippen LogP contribution >= 0.6 is 0 Å². The number of amides is 1. The van der Waals surface area contributed by atoms with Crippen molar-refractivity contribution in [3.8, 4) is 0 Å². The number of hydrogen-bond acceptors (Lipinski definition) is 4. The zero-order valence-electron chi connectivity index (χ0n) is 14.4. The lowest BCUT2D eigenvalue weighted by molar-refractivity contribution is 0.0777. The summed E-state index contributed by atoms with van der Waals surface area (Å²) in [7, 11) is 4.11. The summed E-state index contributed by atoms with van der Waals surface area (Å²) >= 11 is 0. The molecule has 0 saturated carbocycles. The molecule has 1 fully saturated rings. The van der Waals surface area contributed by atoms with Crippen molar-refractivity contribution in [1.82, 2.24) is 24.8 Å². The number of rotatable bonds is 6. The maximum Gasteiger partial charge on any atom is 0.276 e. The Kier molecular flexibility index (Phi) is 5.25. The van der Waals surface area contributed by atoms with Gasteiger partial charge in [0.25, 0.3) is 5.91 Å². The van der Waals surface area contributed by atoms with Crippen molar-refractivity contribution < 1.29 is 4.79 Å². The second-order valence-corrected chi connectivity index (χ2v) is 6.61. The van der Waals surface area contributed by atoms with Crippen LogP contribution < -0.4 is 0 Å². The van der Waals surface area contributed by atoms with Crippen molar-refractivity contribution in [2.75, 3.05) is 27.2 Å². The number of carbonyl (C=O) groups excluding carboxylic acids is 1. The zero-order valence-corrected chi connectivity index (χ0v) is 14.4. The second kappa shape index (κ2) is 7.57. The van der Waals surface area contributed by atoms with Crippen LogP contribution in [0.1, 0.15) is 28.9 Å². The monoisotopic (exact) mass is 327 g/mol. The van der Waals surface area contributed by atoms with Crippen molar-refractivity contribution in [2.45, 2.75) is 31.8 Å². The quantitative estimate of drug-likeness (QED) is 0.810. The minimum absolute atomic E-state index is 0.00587. The highest BCUT2D eigenvalue weighted by Gasteiger charge is 2.29. The first kappa shape index (κ1) is 16.6. The molecule has 1 aromatic carbocycles. The Morgan fingerprint density at radius 2 is 2.08 bits per heavy atom. The number of benzene rings is 1. The Morgan fingerprint density at radius 3 is 2.79 bits per heavy atom. The van der Waals surface area contributed by atoms with Gasteiger partial charge in [-0.05, 0) is 38.9 Å². The summed E-state index contributed by atoms with van der Waals surface area (Å²) in [6.07, 6.45) is 4.77. The largest absolute Gasteiger partial charge is 0.336 e. The van der Waals surface area contributed by atoms with Gasteiger partial charge in [0.05, 0.1) is 6.20 Å². The van der Waals surface area contributed by atoms with Crippen molar-refractivity contribution in [3.05, 3.63) is 47.8 Å². The molecule has 2 aromatic rings. The molecule has 0 unspecified atom stereocenters. The molecule has 1 saturated heterocycles. The summed E-state index contributed by atoms with van der Waals surface area (Å²) in [5, 5.41) is 8.17. The van der Waals surface area contributed by atoms with Crippen LogP contribution in [-0.4, -0.2) is 63.9 Å². The first-order valence-electron chi connectivity index (χ1n) is 8.53. The smallest absolute Gasteiger partial charge is 0.276 e.